The first-order chi connectivity index (χ1) is 14.0. The normalized spacial score (nSPS) is 15.8. The molecule has 1 aliphatic carbocycles. The van der Waals surface area contributed by atoms with Crippen LogP contribution in [0, 0.1) is 13.8 Å². The summed E-state index contributed by atoms with van der Waals surface area (Å²) in [5.74, 6) is 1.51. The highest BCUT2D eigenvalue weighted by atomic mass is 16.7. The van der Waals surface area contributed by atoms with Gasteiger partial charge in [-0.25, -0.2) is 0 Å². The van der Waals surface area contributed by atoms with E-state index in [0.29, 0.717) is 0 Å². The number of aryl methyl sites for hydroxylation is 2. The van der Waals surface area contributed by atoms with Crippen molar-refractivity contribution in [1.82, 2.24) is 0 Å². The highest BCUT2D eigenvalue weighted by Crippen LogP contribution is 2.51. The van der Waals surface area contributed by atoms with Gasteiger partial charge in [0.15, 0.2) is 11.5 Å². The number of anilines is 1. The number of rotatable bonds is 4. The van der Waals surface area contributed by atoms with Crippen LogP contribution in [0.4, 0.5) is 5.69 Å². The first-order valence-electron chi connectivity index (χ1n) is 9.94. The van der Waals surface area contributed by atoms with E-state index in [9.17, 15) is 4.79 Å². The average Bonchev–Trinajstić information content (AvgIpc) is 3.40. The molecule has 5 rings (SSSR count). The van der Waals surface area contributed by atoms with Crippen molar-refractivity contribution in [3.63, 3.8) is 0 Å². The Bertz CT molecular complexity index is 1100. The van der Waals surface area contributed by atoms with Crippen LogP contribution >= 0.6 is 0 Å². The van der Waals surface area contributed by atoms with Gasteiger partial charge in [-0.2, -0.15) is 0 Å². The Balaban J connectivity index is 1.37. The summed E-state index contributed by atoms with van der Waals surface area (Å²) in [4.78, 5) is 13.1. The Labute approximate surface area is 170 Å². The van der Waals surface area contributed by atoms with E-state index in [1.54, 1.807) is 0 Å². The van der Waals surface area contributed by atoms with Crippen molar-refractivity contribution in [2.45, 2.75) is 32.1 Å². The maximum absolute atomic E-state index is 13.1. The number of benzene rings is 3. The summed E-state index contributed by atoms with van der Waals surface area (Å²) in [5.41, 5.74) is 6.10. The monoisotopic (exact) mass is 385 g/mol. The van der Waals surface area contributed by atoms with Crippen LogP contribution in [0.15, 0.2) is 60.7 Å². The molecule has 1 aliphatic heterocycles. The molecule has 1 amide bonds. The van der Waals surface area contributed by atoms with Gasteiger partial charge >= 0.3 is 0 Å². The van der Waals surface area contributed by atoms with E-state index in [-0.39, 0.29) is 12.7 Å². The van der Waals surface area contributed by atoms with Crippen molar-refractivity contribution in [3.05, 3.63) is 77.4 Å². The van der Waals surface area contributed by atoms with E-state index < -0.39 is 5.41 Å². The Morgan fingerprint density at radius 1 is 0.897 bits per heavy atom. The van der Waals surface area contributed by atoms with E-state index in [2.05, 4.69) is 49.5 Å². The molecule has 0 saturated heterocycles. The van der Waals surface area contributed by atoms with Crippen LogP contribution in [0.2, 0.25) is 0 Å². The second-order valence-corrected chi connectivity index (χ2v) is 8.00. The predicted octanol–water partition coefficient (Wildman–Crippen LogP) is 5.37. The van der Waals surface area contributed by atoms with Gasteiger partial charge in [-0.3, -0.25) is 4.79 Å². The molecule has 3 aromatic carbocycles. The number of nitrogens with one attached hydrogen (secondary N) is 1. The number of fused-ring (bicyclic) bond motifs is 1. The Morgan fingerprint density at radius 2 is 1.66 bits per heavy atom. The molecule has 4 nitrogen and oxygen atoms in total. The van der Waals surface area contributed by atoms with Crippen molar-refractivity contribution in [1.29, 1.82) is 0 Å². The molecule has 0 atom stereocenters. The van der Waals surface area contributed by atoms with Gasteiger partial charge in [-0.05, 0) is 73.2 Å². The standard InChI is InChI=1S/C25H23NO3/c1-16-3-5-18(6-4-16)21-9-8-20(13-17(21)2)26-24(27)25(11-12-25)19-7-10-22-23(14-19)29-15-28-22/h3-10,13-14H,11-12,15H2,1-2H3,(H,26,27). The highest BCUT2D eigenvalue weighted by molar-refractivity contribution is 6.01. The first kappa shape index (κ1) is 17.8. The van der Waals surface area contributed by atoms with Crippen molar-refractivity contribution in [2.24, 2.45) is 0 Å². The maximum atomic E-state index is 13.1. The molecule has 1 saturated carbocycles. The minimum atomic E-state index is -0.468. The number of hydrogen-bond donors (Lipinski definition) is 1. The summed E-state index contributed by atoms with van der Waals surface area (Å²) in [6, 6.07) is 20.4. The quantitative estimate of drug-likeness (QED) is 0.657. The molecular formula is C25H23NO3. The van der Waals surface area contributed by atoms with E-state index in [1.807, 2.05) is 30.3 Å². The van der Waals surface area contributed by atoms with Crippen LogP contribution in [-0.4, -0.2) is 12.7 Å². The Morgan fingerprint density at radius 3 is 2.38 bits per heavy atom. The third-order valence-corrected chi connectivity index (χ3v) is 5.96. The third-order valence-electron chi connectivity index (χ3n) is 5.96. The number of ether oxygens (including phenoxy) is 2. The van der Waals surface area contributed by atoms with Crippen molar-refractivity contribution in [2.75, 3.05) is 12.1 Å². The van der Waals surface area contributed by atoms with E-state index >= 15 is 0 Å². The summed E-state index contributed by atoms with van der Waals surface area (Å²) in [5, 5.41) is 3.13. The Hall–Kier alpha value is -3.27. The van der Waals surface area contributed by atoms with Crippen LogP contribution in [0.3, 0.4) is 0 Å². The second-order valence-electron chi connectivity index (χ2n) is 8.00. The fourth-order valence-corrected chi connectivity index (χ4v) is 4.02. The van der Waals surface area contributed by atoms with Crippen molar-refractivity contribution in [3.8, 4) is 22.6 Å². The molecule has 29 heavy (non-hydrogen) atoms. The molecule has 146 valence electrons. The molecule has 0 aromatic heterocycles. The second kappa shape index (κ2) is 6.66. The summed E-state index contributed by atoms with van der Waals surface area (Å²) in [7, 11) is 0. The highest BCUT2D eigenvalue weighted by Gasteiger charge is 2.51. The Kier molecular flexibility index (Phi) is 4.09. The molecule has 1 N–H and O–H groups in total. The van der Waals surface area contributed by atoms with Gasteiger partial charge in [0.1, 0.15) is 0 Å². The lowest BCUT2D eigenvalue weighted by molar-refractivity contribution is -0.118. The minimum Gasteiger partial charge on any atom is -0.454 e. The van der Waals surface area contributed by atoms with E-state index in [4.69, 9.17) is 9.47 Å². The smallest absolute Gasteiger partial charge is 0.235 e. The predicted molar refractivity (Wildman–Crippen MR) is 113 cm³/mol. The van der Waals surface area contributed by atoms with Gasteiger partial charge in [0.25, 0.3) is 0 Å². The largest absolute Gasteiger partial charge is 0.454 e. The molecule has 0 spiro atoms. The van der Waals surface area contributed by atoms with Gasteiger partial charge in [-0.1, -0.05) is 42.0 Å². The van der Waals surface area contributed by atoms with Gasteiger partial charge in [0, 0.05) is 5.69 Å². The number of carbonyl (C=O) groups excluding carboxylic acids is 1. The molecule has 3 aromatic rings. The molecule has 2 aliphatic rings. The molecule has 1 heterocycles. The molecular weight excluding hydrogens is 362 g/mol. The topological polar surface area (TPSA) is 47.6 Å². The van der Waals surface area contributed by atoms with Gasteiger partial charge in [-0.15, -0.1) is 0 Å². The SMILES string of the molecule is Cc1ccc(-c2ccc(NC(=O)C3(c4ccc5c(c4)OCO5)CC3)cc2C)cc1. The summed E-state index contributed by atoms with van der Waals surface area (Å²) < 4.78 is 10.9. The molecule has 0 unspecified atom stereocenters. The zero-order chi connectivity index (χ0) is 20.0. The van der Waals surface area contributed by atoms with Crippen molar-refractivity contribution < 1.29 is 14.3 Å². The molecule has 0 radical (unpaired) electrons. The summed E-state index contributed by atoms with van der Waals surface area (Å²) in [6.45, 7) is 4.41. The lowest BCUT2D eigenvalue weighted by atomic mass is 9.94. The molecule has 0 bridgehead atoms. The lowest BCUT2D eigenvalue weighted by Crippen LogP contribution is -2.27. The van der Waals surface area contributed by atoms with Gasteiger partial charge in [0.05, 0.1) is 5.41 Å². The number of hydrogen-bond acceptors (Lipinski definition) is 3. The zero-order valence-electron chi connectivity index (χ0n) is 16.6. The van der Waals surface area contributed by atoms with Crippen molar-refractivity contribution >= 4 is 11.6 Å². The summed E-state index contributed by atoms with van der Waals surface area (Å²) in [6.07, 6.45) is 1.69. The number of carbonyl (C=O) groups is 1. The number of amides is 1. The van der Waals surface area contributed by atoms with Crippen LogP contribution in [0.1, 0.15) is 29.5 Å². The van der Waals surface area contributed by atoms with Crippen LogP contribution in [0.5, 0.6) is 11.5 Å². The fourth-order valence-electron chi connectivity index (χ4n) is 4.02. The van der Waals surface area contributed by atoms with Crippen LogP contribution in [-0.2, 0) is 10.2 Å². The van der Waals surface area contributed by atoms with E-state index in [1.165, 1.54) is 16.7 Å². The minimum absolute atomic E-state index is 0.0406. The van der Waals surface area contributed by atoms with Crippen LogP contribution in [0.25, 0.3) is 11.1 Å². The maximum Gasteiger partial charge on any atom is 0.235 e. The van der Waals surface area contributed by atoms with Gasteiger partial charge < -0.3 is 14.8 Å². The molecule has 1 fully saturated rings. The average molecular weight is 385 g/mol. The lowest BCUT2D eigenvalue weighted by Gasteiger charge is -2.17. The van der Waals surface area contributed by atoms with Gasteiger partial charge in [0.2, 0.25) is 12.7 Å². The third kappa shape index (κ3) is 3.15. The van der Waals surface area contributed by atoms with E-state index in [0.717, 1.165) is 41.2 Å². The van der Waals surface area contributed by atoms with Crippen LogP contribution < -0.4 is 14.8 Å². The first-order valence-corrected chi connectivity index (χ1v) is 9.94. The summed E-state index contributed by atoms with van der Waals surface area (Å²) >= 11 is 0. The molecule has 4 heteroatoms. The fraction of sp³-hybridized carbons (Fsp3) is 0.240. The zero-order valence-corrected chi connectivity index (χ0v) is 16.6.